The van der Waals surface area contributed by atoms with E-state index in [1.807, 2.05) is 0 Å². The lowest BCUT2D eigenvalue weighted by Gasteiger charge is -2.27. The Morgan fingerprint density at radius 1 is 1.17 bits per heavy atom. The Balaban J connectivity index is 1.99. The molecule has 2 rings (SSSR count). The molecule has 1 fully saturated rings. The number of rotatable bonds is 5. The zero-order valence-corrected chi connectivity index (χ0v) is 11.7. The van der Waals surface area contributed by atoms with Gasteiger partial charge in [-0.3, -0.25) is 4.90 Å². The predicted octanol–water partition coefficient (Wildman–Crippen LogP) is 2.95. The Morgan fingerprint density at radius 2 is 1.83 bits per heavy atom. The average Bonchev–Trinajstić information content (AvgIpc) is 2.73. The Morgan fingerprint density at radius 3 is 2.44 bits per heavy atom. The van der Waals surface area contributed by atoms with Crippen LogP contribution in [0.2, 0.25) is 0 Å². The van der Waals surface area contributed by atoms with Crippen molar-refractivity contribution in [1.82, 2.24) is 4.90 Å². The van der Waals surface area contributed by atoms with Gasteiger partial charge < -0.3 is 5.73 Å². The Bertz CT molecular complexity index is 358. The average molecular weight is 246 g/mol. The van der Waals surface area contributed by atoms with E-state index in [0.29, 0.717) is 0 Å². The molecule has 2 atom stereocenters. The van der Waals surface area contributed by atoms with Crippen molar-refractivity contribution in [3.63, 3.8) is 0 Å². The summed E-state index contributed by atoms with van der Waals surface area (Å²) in [6, 6.07) is 10.5. The topological polar surface area (TPSA) is 29.3 Å². The van der Waals surface area contributed by atoms with Gasteiger partial charge in [0.1, 0.15) is 0 Å². The van der Waals surface area contributed by atoms with Crippen LogP contribution in [0.4, 0.5) is 0 Å². The van der Waals surface area contributed by atoms with Crippen LogP contribution >= 0.6 is 0 Å². The van der Waals surface area contributed by atoms with Crippen LogP contribution in [0.5, 0.6) is 0 Å². The third kappa shape index (κ3) is 3.12. The van der Waals surface area contributed by atoms with E-state index in [9.17, 15) is 0 Å². The minimum atomic E-state index is 0.735. The van der Waals surface area contributed by atoms with Crippen molar-refractivity contribution in [3.05, 3.63) is 35.4 Å². The van der Waals surface area contributed by atoms with E-state index in [-0.39, 0.29) is 0 Å². The molecule has 0 bridgehead atoms. The minimum Gasteiger partial charge on any atom is -0.330 e. The summed E-state index contributed by atoms with van der Waals surface area (Å²) in [6.45, 7) is 6.50. The lowest BCUT2D eigenvalue weighted by atomic mass is 10.1. The molecule has 2 nitrogen and oxygen atoms in total. The largest absolute Gasteiger partial charge is 0.330 e. The van der Waals surface area contributed by atoms with Gasteiger partial charge in [-0.15, -0.1) is 0 Å². The molecule has 1 aliphatic rings. The number of likely N-dealkylation sites (tertiary alicyclic amines) is 1. The number of hydrogen-bond acceptors (Lipinski definition) is 2. The smallest absolute Gasteiger partial charge is 0.0239 e. The van der Waals surface area contributed by atoms with Crippen molar-refractivity contribution in [1.29, 1.82) is 0 Å². The second-order valence-corrected chi connectivity index (χ2v) is 5.52. The van der Waals surface area contributed by atoms with E-state index in [4.69, 9.17) is 5.73 Å². The van der Waals surface area contributed by atoms with Crippen molar-refractivity contribution >= 4 is 0 Å². The molecule has 1 aromatic carbocycles. The molecule has 0 aromatic heterocycles. The first-order chi connectivity index (χ1) is 8.74. The zero-order chi connectivity index (χ0) is 13.0. The van der Waals surface area contributed by atoms with Gasteiger partial charge in [-0.25, -0.2) is 0 Å². The van der Waals surface area contributed by atoms with Crippen LogP contribution in [0.1, 0.15) is 44.2 Å². The van der Waals surface area contributed by atoms with Crippen LogP contribution in [0.15, 0.2) is 24.3 Å². The summed E-state index contributed by atoms with van der Waals surface area (Å²) in [4.78, 5) is 2.66. The van der Waals surface area contributed by atoms with E-state index < -0.39 is 0 Å². The van der Waals surface area contributed by atoms with E-state index in [0.717, 1.165) is 31.6 Å². The number of hydrogen-bond donors (Lipinski definition) is 1. The zero-order valence-electron chi connectivity index (χ0n) is 11.7. The van der Waals surface area contributed by atoms with Crippen molar-refractivity contribution in [2.45, 2.75) is 58.2 Å². The third-order valence-electron chi connectivity index (χ3n) is 4.25. The first-order valence-corrected chi connectivity index (χ1v) is 7.28. The van der Waals surface area contributed by atoms with E-state index in [2.05, 4.69) is 43.0 Å². The van der Waals surface area contributed by atoms with Crippen LogP contribution in [0.25, 0.3) is 0 Å². The Hall–Kier alpha value is -0.860. The highest BCUT2D eigenvalue weighted by atomic mass is 15.2. The van der Waals surface area contributed by atoms with Crippen molar-refractivity contribution in [3.8, 4) is 0 Å². The van der Waals surface area contributed by atoms with Gasteiger partial charge in [0.15, 0.2) is 0 Å². The molecule has 0 spiro atoms. The van der Waals surface area contributed by atoms with Gasteiger partial charge in [0.25, 0.3) is 0 Å². The van der Waals surface area contributed by atoms with Crippen molar-refractivity contribution in [2.75, 3.05) is 6.54 Å². The van der Waals surface area contributed by atoms with E-state index in [1.54, 1.807) is 0 Å². The number of benzene rings is 1. The SMILES string of the molecule is CCC1CCC(C)N1Cc1ccc(CCN)cc1. The molecule has 18 heavy (non-hydrogen) atoms. The fourth-order valence-corrected chi connectivity index (χ4v) is 3.04. The van der Waals surface area contributed by atoms with Crippen LogP contribution in [0.3, 0.4) is 0 Å². The second-order valence-electron chi connectivity index (χ2n) is 5.52. The second kappa shape index (κ2) is 6.35. The molecule has 100 valence electrons. The third-order valence-corrected chi connectivity index (χ3v) is 4.25. The monoisotopic (exact) mass is 246 g/mol. The minimum absolute atomic E-state index is 0.735. The predicted molar refractivity (Wildman–Crippen MR) is 77.5 cm³/mol. The lowest BCUT2D eigenvalue weighted by Crippen LogP contribution is -2.33. The fourth-order valence-electron chi connectivity index (χ4n) is 3.04. The van der Waals surface area contributed by atoms with Crippen LogP contribution in [-0.4, -0.2) is 23.5 Å². The Kier molecular flexibility index (Phi) is 4.79. The standard InChI is InChI=1S/C16H26N2/c1-3-16-9-4-13(2)18(16)12-15-7-5-14(6-8-15)10-11-17/h5-8,13,16H,3-4,9-12,17H2,1-2H3. The maximum Gasteiger partial charge on any atom is 0.0239 e. The van der Waals surface area contributed by atoms with Gasteiger partial charge >= 0.3 is 0 Å². The molecule has 1 saturated heterocycles. The number of nitrogens with two attached hydrogens (primary N) is 1. The molecule has 0 aliphatic carbocycles. The van der Waals surface area contributed by atoms with Crippen LogP contribution < -0.4 is 5.73 Å². The fraction of sp³-hybridized carbons (Fsp3) is 0.625. The normalized spacial score (nSPS) is 24.6. The lowest BCUT2D eigenvalue weighted by molar-refractivity contribution is 0.189. The molecule has 1 aromatic rings. The molecule has 0 saturated carbocycles. The van der Waals surface area contributed by atoms with Gasteiger partial charge in [-0.1, -0.05) is 31.2 Å². The van der Waals surface area contributed by atoms with E-state index >= 15 is 0 Å². The summed E-state index contributed by atoms with van der Waals surface area (Å²) in [5.74, 6) is 0. The maximum atomic E-state index is 5.58. The van der Waals surface area contributed by atoms with Gasteiger partial charge in [0.05, 0.1) is 0 Å². The van der Waals surface area contributed by atoms with Crippen molar-refractivity contribution < 1.29 is 0 Å². The summed E-state index contributed by atoms with van der Waals surface area (Å²) in [5, 5.41) is 0. The molecule has 2 unspecified atom stereocenters. The van der Waals surface area contributed by atoms with Gasteiger partial charge in [-0.2, -0.15) is 0 Å². The molecule has 2 N–H and O–H groups in total. The summed E-state index contributed by atoms with van der Waals surface area (Å²) < 4.78 is 0. The first kappa shape index (κ1) is 13.6. The summed E-state index contributed by atoms with van der Waals surface area (Å²) in [5.41, 5.74) is 8.36. The molecular formula is C16H26N2. The van der Waals surface area contributed by atoms with Crippen molar-refractivity contribution in [2.24, 2.45) is 5.73 Å². The molecule has 2 heteroatoms. The first-order valence-electron chi connectivity index (χ1n) is 7.28. The summed E-state index contributed by atoms with van der Waals surface area (Å²) >= 11 is 0. The van der Waals surface area contributed by atoms with Gasteiger partial charge in [0, 0.05) is 18.6 Å². The molecular weight excluding hydrogens is 220 g/mol. The summed E-state index contributed by atoms with van der Waals surface area (Å²) in [6.07, 6.45) is 4.97. The molecule has 1 heterocycles. The van der Waals surface area contributed by atoms with E-state index in [1.165, 1.54) is 30.4 Å². The Labute approximate surface area is 111 Å². The molecule has 0 radical (unpaired) electrons. The van der Waals surface area contributed by atoms with Crippen LogP contribution in [-0.2, 0) is 13.0 Å². The number of nitrogens with zero attached hydrogens (tertiary/aromatic N) is 1. The molecule has 1 aliphatic heterocycles. The molecule has 0 amide bonds. The van der Waals surface area contributed by atoms with Gasteiger partial charge in [0.2, 0.25) is 0 Å². The van der Waals surface area contributed by atoms with Gasteiger partial charge in [-0.05, 0) is 50.3 Å². The highest BCUT2D eigenvalue weighted by Gasteiger charge is 2.28. The highest BCUT2D eigenvalue weighted by Crippen LogP contribution is 2.27. The highest BCUT2D eigenvalue weighted by molar-refractivity contribution is 5.23. The summed E-state index contributed by atoms with van der Waals surface area (Å²) in [7, 11) is 0. The maximum absolute atomic E-state index is 5.58. The quantitative estimate of drug-likeness (QED) is 0.865. The van der Waals surface area contributed by atoms with Crippen LogP contribution in [0, 0.1) is 0 Å².